The maximum absolute atomic E-state index is 8.32. The third-order valence-electron chi connectivity index (χ3n) is 1.03. The number of oxime groups is 1. The molecule has 0 atom stereocenters. The molecule has 0 aliphatic heterocycles. The van der Waals surface area contributed by atoms with E-state index in [0.29, 0.717) is 0 Å². The predicted octanol–water partition coefficient (Wildman–Crippen LogP) is -0.368. The first-order valence-electron chi connectivity index (χ1n) is 2.80. The van der Waals surface area contributed by atoms with Crippen molar-refractivity contribution in [2.24, 2.45) is 5.16 Å². The number of rotatable bonds is 2. The fraction of sp³-hybridized carbons (Fsp3) is 0.200. The maximum atomic E-state index is 8.32. The lowest BCUT2D eigenvalue weighted by atomic mass is 10.4. The quantitative estimate of drug-likeness (QED) is 0.355. The van der Waals surface area contributed by atoms with Gasteiger partial charge < -0.3 is 5.21 Å². The number of aromatic nitrogens is 3. The van der Waals surface area contributed by atoms with E-state index in [1.807, 2.05) is 0 Å². The van der Waals surface area contributed by atoms with E-state index in [4.69, 9.17) is 10.5 Å². The zero-order valence-corrected chi connectivity index (χ0v) is 5.55. The van der Waals surface area contributed by atoms with Crippen LogP contribution in [0.4, 0.5) is 0 Å². The molecule has 0 aliphatic rings. The minimum absolute atomic E-state index is 0.00417. The zero-order chi connectivity index (χ0) is 8.10. The van der Waals surface area contributed by atoms with E-state index in [1.165, 1.54) is 17.3 Å². The Morgan fingerprint density at radius 3 is 3.09 bits per heavy atom. The van der Waals surface area contributed by atoms with Gasteiger partial charge in [-0.15, -0.1) is 0 Å². The summed E-state index contributed by atoms with van der Waals surface area (Å²) in [6.45, 7) is 0.146. The second-order valence-corrected chi connectivity index (χ2v) is 1.75. The van der Waals surface area contributed by atoms with E-state index < -0.39 is 0 Å². The molecule has 0 amide bonds. The maximum Gasteiger partial charge on any atom is 0.178 e. The minimum Gasteiger partial charge on any atom is -0.410 e. The van der Waals surface area contributed by atoms with Crippen LogP contribution in [0.15, 0.2) is 17.8 Å². The summed E-state index contributed by atoms with van der Waals surface area (Å²) >= 11 is 0. The molecule has 6 heteroatoms. The molecular formula is C5H5N5O. The molecule has 11 heavy (non-hydrogen) atoms. The Morgan fingerprint density at radius 1 is 1.82 bits per heavy atom. The second-order valence-electron chi connectivity index (χ2n) is 1.75. The highest BCUT2D eigenvalue weighted by Crippen LogP contribution is 1.83. The molecule has 1 rings (SSSR count). The summed E-state index contributed by atoms with van der Waals surface area (Å²) in [5.41, 5.74) is -0.00417. The summed E-state index contributed by atoms with van der Waals surface area (Å²) in [5.74, 6) is 0. The zero-order valence-electron chi connectivity index (χ0n) is 5.55. The van der Waals surface area contributed by atoms with E-state index >= 15 is 0 Å². The molecule has 1 aromatic rings. The Bertz CT molecular complexity index is 282. The lowest BCUT2D eigenvalue weighted by Crippen LogP contribution is -2.08. The third kappa shape index (κ3) is 1.76. The van der Waals surface area contributed by atoms with Gasteiger partial charge in [0, 0.05) is 0 Å². The summed E-state index contributed by atoms with van der Waals surface area (Å²) in [4.78, 5) is 3.65. The number of hydrogen-bond donors (Lipinski definition) is 1. The molecule has 1 aromatic heterocycles. The lowest BCUT2D eigenvalue weighted by molar-refractivity contribution is 0.317. The first kappa shape index (κ1) is 7.21. The van der Waals surface area contributed by atoms with Gasteiger partial charge in [0.25, 0.3) is 0 Å². The summed E-state index contributed by atoms with van der Waals surface area (Å²) in [6.07, 6.45) is 2.77. The van der Waals surface area contributed by atoms with Gasteiger partial charge in [-0.05, 0) is 0 Å². The molecule has 0 unspecified atom stereocenters. The van der Waals surface area contributed by atoms with Gasteiger partial charge in [0.2, 0.25) is 0 Å². The van der Waals surface area contributed by atoms with Crippen molar-refractivity contribution in [3.05, 3.63) is 12.7 Å². The SMILES string of the molecule is N#C/C(Cn1cncn1)=N\O. The summed E-state index contributed by atoms with van der Waals surface area (Å²) < 4.78 is 1.39. The predicted molar refractivity (Wildman–Crippen MR) is 34.9 cm³/mol. The van der Waals surface area contributed by atoms with E-state index in [0.717, 1.165) is 0 Å². The van der Waals surface area contributed by atoms with Crippen molar-refractivity contribution in [1.82, 2.24) is 14.8 Å². The largest absolute Gasteiger partial charge is 0.410 e. The van der Waals surface area contributed by atoms with E-state index in [-0.39, 0.29) is 12.3 Å². The summed E-state index contributed by atoms with van der Waals surface area (Å²) in [7, 11) is 0. The van der Waals surface area contributed by atoms with Gasteiger partial charge in [0.05, 0.1) is 6.54 Å². The third-order valence-corrected chi connectivity index (χ3v) is 1.03. The Balaban J connectivity index is 2.65. The van der Waals surface area contributed by atoms with Gasteiger partial charge in [-0.3, -0.25) is 0 Å². The van der Waals surface area contributed by atoms with Crippen LogP contribution in [0.3, 0.4) is 0 Å². The summed E-state index contributed by atoms with van der Waals surface area (Å²) in [6, 6.07) is 1.70. The van der Waals surface area contributed by atoms with Crippen LogP contribution in [-0.2, 0) is 6.54 Å². The number of nitriles is 1. The Hall–Kier alpha value is -1.90. The van der Waals surface area contributed by atoms with Gasteiger partial charge in [0.15, 0.2) is 5.71 Å². The molecule has 0 saturated carbocycles. The van der Waals surface area contributed by atoms with Crippen molar-refractivity contribution in [2.75, 3.05) is 0 Å². The van der Waals surface area contributed by atoms with Crippen molar-refractivity contribution in [3.63, 3.8) is 0 Å². The molecular weight excluding hydrogens is 146 g/mol. The average molecular weight is 151 g/mol. The monoisotopic (exact) mass is 151 g/mol. The van der Waals surface area contributed by atoms with Crippen molar-refractivity contribution in [1.29, 1.82) is 5.26 Å². The van der Waals surface area contributed by atoms with E-state index in [1.54, 1.807) is 6.07 Å². The molecule has 1 N–H and O–H groups in total. The molecule has 0 fully saturated rings. The van der Waals surface area contributed by atoms with Gasteiger partial charge in [0.1, 0.15) is 18.7 Å². The number of nitrogens with zero attached hydrogens (tertiary/aromatic N) is 5. The molecule has 56 valence electrons. The average Bonchev–Trinajstić information content (AvgIpc) is 2.52. The van der Waals surface area contributed by atoms with Crippen LogP contribution >= 0.6 is 0 Å². The molecule has 0 bridgehead atoms. The molecule has 0 spiro atoms. The minimum atomic E-state index is -0.00417. The molecule has 0 saturated heterocycles. The fourth-order valence-corrected chi connectivity index (χ4v) is 0.557. The van der Waals surface area contributed by atoms with Crippen molar-refractivity contribution in [3.8, 4) is 6.07 Å². The standard InChI is InChI=1S/C5H5N5O/c6-1-5(9-11)2-10-4-7-3-8-10/h3-4,11H,2H2/b9-5+. The Kier molecular flexibility index (Phi) is 2.17. The van der Waals surface area contributed by atoms with Crippen molar-refractivity contribution in [2.45, 2.75) is 6.54 Å². The Labute approximate surface area is 62.4 Å². The van der Waals surface area contributed by atoms with Crippen molar-refractivity contribution < 1.29 is 5.21 Å². The fourth-order valence-electron chi connectivity index (χ4n) is 0.557. The molecule has 6 nitrogen and oxygen atoms in total. The number of hydrogen-bond acceptors (Lipinski definition) is 5. The van der Waals surface area contributed by atoms with Crippen LogP contribution in [0.2, 0.25) is 0 Å². The van der Waals surface area contributed by atoms with E-state index in [9.17, 15) is 0 Å². The van der Waals surface area contributed by atoms with Crippen LogP contribution in [0.1, 0.15) is 0 Å². The second kappa shape index (κ2) is 3.31. The molecule has 0 aromatic carbocycles. The van der Waals surface area contributed by atoms with Gasteiger partial charge in [-0.1, -0.05) is 5.16 Å². The molecule has 0 aliphatic carbocycles. The Morgan fingerprint density at radius 2 is 2.64 bits per heavy atom. The van der Waals surface area contributed by atoms with Crippen LogP contribution in [-0.4, -0.2) is 25.7 Å². The van der Waals surface area contributed by atoms with Crippen LogP contribution in [0.25, 0.3) is 0 Å². The highest BCUT2D eigenvalue weighted by Gasteiger charge is 1.98. The topological polar surface area (TPSA) is 87.1 Å². The molecule has 1 heterocycles. The van der Waals surface area contributed by atoms with Gasteiger partial charge >= 0.3 is 0 Å². The van der Waals surface area contributed by atoms with Crippen LogP contribution in [0.5, 0.6) is 0 Å². The van der Waals surface area contributed by atoms with Crippen molar-refractivity contribution >= 4 is 5.71 Å². The normalized spacial score (nSPS) is 11.0. The van der Waals surface area contributed by atoms with Gasteiger partial charge in [-0.2, -0.15) is 10.4 Å². The summed E-state index contributed by atoms with van der Waals surface area (Å²) in [5, 5.41) is 23.0. The lowest BCUT2D eigenvalue weighted by Gasteiger charge is -1.92. The highest BCUT2D eigenvalue weighted by molar-refractivity contribution is 5.97. The first-order chi connectivity index (χ1) is 5.36. The highest BCUT2D eigenvalue weighted by atomic mass is 16.4. The van der Waals surface area contributed by atoms with Crippen LogP contribution in [0, 0.1) is 11.3 Å². The van der Waals surface area contributed by atoms with E-state index in [2.05, 4.69) is 15.2 Å². The first-order valence-corrected chi connectivity index (χ1v) is 2.80. The van der Waals surface area contributed by atoms with Gasteiger partial charge in [-0.25, -0.2) is 9.67 Å². The molecule has 0 radical (unpaired) electrons. The van der Waals surface area contributed by atoms with Crippen LogP contribution < -0.4 is 0 Å². The smallest absolute Gasteiger partial charge is 0.178 e.